The second-order valence-electron chi connectivity index (χ2n) is 3.56. The minimum Gasteiger partial charge on any atom is -0.379 e. The molecule has 0 aliphatic carbocycles. The predicted molar refractivity (Wildman–Crippen MR) is 58.9 cm³/mol. The molecule has 16 heavy (non-hydrogen) atoms. The Morgan fingerprint density at radius 1 is 1.44 bits per heavy atom. The van der Waals surface area contributed by atoms with E-state index >= 15 is 0 Å². The van der Waals surface area contributed by atoms with E-state index in [1.807, 2.05) is 6.07 Å². The van der Waals surface area contributed by atoms with Gasteiger partial charge in [-0.1, -0.05) is 0 Å². The van der Waals surface area contributed by atoms with Gasteiger partial charge in [-0.3, -0.25) is 0 Å². The first-order valence-electron chi connectivity index (χ1n) is 5.12. The van der Waals surface area contributed by atoms with Crippen LogP contribution in [0.4, 0.5) is 0 Å². The van der Waals surface area contributed by atoms with E-state index < -0.39 is 10.2 Å². The number of nitrogens with one attached hydrogen (secondary N) is 2. The molecule has 0 aromatic carbocycles. The molecule has 0 amide bonds. The summed E-state index contributed by atoms with van der Waals surface area (Å²) >= 11 is 0. The molecule has 1 fully saturated rings. The number of H-pyrrole nitrogens is 1. The van der Waals surface area contributed by atoms with E-state index in [-0.39, 0.29) is 0 Å². The third-order valence-electron chi connectivity index (χ3n) is 2.43. The Labute approximate surface area is 94.8 Å². The molecule has 90 valence electrons. The molecule has 1 saturated heterocycles. The van der Waals surface area contributed by atoms with E-state index in [1.165, 1.54) is 4.31 Å². The van der Waals surface area contributed by atoms with Crippen LogP contribution in [0, 0.1) is 0 Å². The maximum atomic E-state index is 11.8. The van der Waals surface area contributed by atoms with Crippen LogP contribution in [0.1, 0.15) is 5.56 Å². The van der Waals surface area contributed by atoms with Crippen molar-refractivity contribution in [1.29, 1.82) is 0 Å². The molecule has 7 heteroatoms. The van der Waals surface area contributed by atoms with Gasteiger partial charge in [0.15, 0.2) is 0 Å². The first-order chi connectivity index (χ1) is 7.68. The van der Waals surface area contributed by atoms with Crippen molar-refractivity contribution in [3.8, 4) is 0 Å². The zero-order valence-corrected chi connectivity index (χ0v) is 9.66. The van der Waals surface area contributed by atoms with Gasteiger partial charge in [-0.2, -0.15) is 17.4 Å². The molecule has 0 unspecified atom stereocenters. The number of ether oxygens (including phenoxy) is 1. The number of nitrogens with zero attached hydrogens (tertiary/aromatic N) is 1. The van der Waals surface area contributed by atoms with E-state index in [4.69, 9.17) is 4.74 Å². The molecule has 0 spiro atoms. The summed E-state index contributed by atoms with van der Waals surface area (Å²) in [5, 5.41) is 0. The maximum Gasteiger partial charge on any atom is 0.279 e. The number of rotatable bonds is 4. The lowest BCUT2D eigenvalue weighted by molar-refractivity contribution is 0.0725. The Hall–Kier alpha value is -0.890. The Morgan fingerprint density at radius 3 is 2.81 bits per heavy atom. The molecular weight excluding hydrogens is 230 g/mol. The zero-order valence-electron chi connectivity index (χ0n) is 8.85. The number of aromatic nitrogens is 1. The maximum absolute atomic E-state index is 11.8. The third-order valence-corrected chi connectivity index (χ3v) is 3.99. The van der Waals surface area contributed by atoms with Gasteiger partial charge in [-0.05, 0) is 11.6 Å². The van der Waals surface area contributed by atoms with Crippen molar-refractivity contribution in [2.24, 2.45) is 0 Å². The molecule has 0 bridgehead atoms. The second kappa shape index (κ2) is 4.96. The summed E-state index contributed by atoms with van der Waals surface area (Å²) in [6.45, 7) is 2.07. The minimum absolute atomic E-state index is 0.309. The summed E-state index contributed by atoms with van der Waals surface area (Å²) in [7, 11) is -3.37. The van der Waals surface area contributed by atoms with E-state index in [9.17, 15) is 8.42 Å². The number of morpholine rings is 1. The van der Waals surface area contributed by atoms with Crippen LogP contribution in [-0.2, 0) is 21.5 Å². The summed E-state index contributed by atoms with van der Waals surface area (Å²) < 4.78 is 32.7. The Kier molecular flexibility index (Phi) is 3.59. The lowest BCUT2D eigenvalue weighted by Gasteiger charge is -2.25. The molecule has 1 aromatic heterocycles. The van der Waals surface area contributed by atoms with Gasteiger partial charge in [-0.25, -0.2) is 0 Å². The SMILES string of the molecule is O=S(=O)(NCc1cc[nH]c1)N1CCOCC1. The summed E-state index contributed by atoms with van der Waals surface area (Å²) in [6.07, 6.45) is 3.53. The van der Waals surface area contributed by atoms with Gasteiger partial charge in [0.1, 0.15) is 0 Å². The van der Waals surface area contributed by atoms with Crippen molar-refractivity contribution >= 4 is 10.2 Å². The van der Waals surface area contributed by atoms with Crippen molar-refractivity contribution in [1.82, 2.24) is 14.0 Å². The lowest BCUT2D eigenvalue weighted by atomic mass is 10.4. The topological polar surface area (TPSA) is 74.4 Å². The fourth-order valence-corrected chi connectivity index (χ4v) is 2.68. The molecule has 1 aliphatic heterocycles. The van der Waals surface area contributed by atoms with Gasteiger partial charge in [0.25, 0.3) is 10.2 Å². The first-order valence-corrected chi connectivity index (χ1v) is 6.57. The van der Waals surface area contributed by atoms with Gasteiger partial charge in [-0.15, -0.1) is 0 Å². The average molecular weight is 245 g/mol. The first kappa shape index (κ1) is 11.6. The van der Waals surface area contributed by atoms with Gasteiger partial charge in [0.05, 0.1) is 13.2 Å². The standard InChI is InChI=1S/C9H15N3O3S/c13-16(14,12-3-5-15-6-4-12)11-8-9-1-2-10-7-9/h1-2,7,10-11H,3-6,8H2. The average Bonchev–Trinajstić information content (AvgIpc) is 2.81. The molecule has 0 atom stereocenters. The highest BCUT2D eigenvalue weighted by Crippen LogP contribution is 2.04. The van der Waals surface area contributed by atoms with Gasteiger partial charge >= 0.3 is 0 Å². The van der Waals surface area contributed by atoms with Crippen molar-refractivity contribution in [2.45, 2.75) is 6.54 Å². The highest BCUT2D eigenvalue weighted by Gasteiger charge is 2.23. The zero-order chi connectivity index (χ0) is 11.4. The number of hydrogen-bond acceptors (Lipinski definition) is 3. The molecule has 2 N–H and O–H groups in total. The largest absolute Gasteiger partial charge is 0.379 e. The summed E-state index contributed by atoms with van der Waals surface area (Å²) in [5.41, 5.74) is 0.914. The van der Waals surface area contributed by atoms with Crippen LogP contribution in [0.3, 0.4) is 0 Å². The van der Waals surface area contributed by atoms with Crippen molar-refractivity contribution in [3.05, 3.63) is 24.0 Å². The minimum atomic E-state index is -3.37. The molecular formula is C9H15N3O3S. The fourth-order valence-electron chi connectivity index (χ4n) is 1.52. The molecule has 1 aliphatic rings. The fraction of sp³-hybridized carbons (Fsp3) is 0.556. The van der Waals surface area contributed by atoms with Crippen LogP contribution in [0.5, 0.6) is 0 Å². The van der Waals surface area contributed by atoms with Crippen molar-refractivity contribution in [2.75, 3.05) is 26.3 Å². The van der Waals surface area contributed by atoms with Gasteiger partial charge < -0.3 is 9.72 Å². The van der Waals surface area contributed by atoms with E-state index in [0.717, 1.165) is 5.56 Å². The summed E-state index contributed by atoms with van der Waals surface area (Å²) in [6, 6.07) is 1.84. The Bertz CT molecular complexity index is 409. The van der Waals surface area contributed by atoms with E-state index in [1.54, 1.807) is 12.4 Å². The van der Waals surface area contributed by atoms with Crippen LogP contribution in [-0.4, -0.2) is 44.0 Å². The van der Waals surface area contributed by atoms with Crippen LogP contribution in [0.15, 0.2) is 18.5 Å². The number of hydrogen-bond donors (Lipinski definition) is 2. The molecule has 6 nitrogen and oxygen atoms in total. The molecule has 0 saturated carbocycles. The second-order valence-corrected chi connectivity index (χ2v) is 5.31. The number of aromatic amines is 1. The lowest BCUT2D eigenvalue weighted by Crippen LogP contribution is -2.46. The predicted octanol–water partition coefficient (Wildman–Crippen LogP) is -0.319. The highest BCUT2D eigenvalue weighted by atomic mass is 32.2. The summed E-state index contributed by atoms with van der Waals surface area (Å²) in [4.78, 5) is 2.88. The van der Waals surface area contributed by atoms with Crippen LogP contribution in [0.2, 0.25) is 0 Å². The smallest absolute Gasteiger partial charge is 0.279 e. The highest BCUT2D eigenvalue weighted by molar-refractivity contribution is 7.87. The van der Waals surface area contributed by atoms with Crippen LogP contribution >= 0.6 is 0 Å². The molecule has 2 heterocycles. The quantitative estimate of drug-likeness (QED) is 0.763. The normalized spacial score (nSPS) is 18.8. The monoisotopic (exact) mass is 245 g/mol. The van der Waals surface area contributed by atoms with E-state index in [2.05, 4.69) is 9.71 Å². The summed E-state index contributed by atoms with van der Waals surface area (Å²) in [5.74, 6) is 0. The molecule has 2 rings (SSSR count). The Morgan fingerprint density at radius 2 is 2.19 bits per heavy atom. The van der Waals surface area contributed by atoms with Crippen molar-refractivity contribution < 1.29 is 13.2 Å². The van der Waals surface area contributed by atoms with E-state index in [0.29, 0.717) is 32.8 Å². The van der Waals surface area contributed by atoms with Crippen LogP contribution in [0.25, 0.3) is 0 Å². The van der Waals surface area contributed by atoms with Crippen molar-refractivity contribution in [3.63, 3.8) is 0 Å². The molecule has 0 radical (unpaired) electrons. The molecule has 1 aromatic rings. The van der Waals surface area contributed by atoms with Gasteiger partial charge in [0.2, 0.25) is 0 Å². The van der Waals surface area contributed by atoms with Crippen LogP contribution < -0.4 is 4.72 Å². The Balaban J connectivity index is 1.91. The third kappa shape index (κ3) is 2.82. The van der Waals surface area contributed by atoms with Gasteiger partial charge in [0, 0.05) is 32.0 Å².